The Balaban J connectivity index is 1.97. The zero-order valence-electron chi connectivity index (χ0n) is 14.2. The molecule has 0 saturated heterocycles. The van der Waals surface area contributed by atoms with Crippen LogP contribution in [0.25, 0.3) is 0 Å². The number of hydrogen-bond acceptors (Lipinski definition) is 5. The first kappa shape index (κ1) is 18.8. The van der Waals surface area contributed by atoms with Crippen molar-refractivity contribution in [1.29, 1.82) is 0 Å². The van der Waals surface area contributed by atoms with E-state index in [0.717, 1.165) is 5.56 Å². The molecule has 0 radical (unpaired) electrons. The number of sulfonamides is 1. The minimum absolute atomic E-state index is 0.0541. The van der Waals surface area contributed by atoms with Crippen molar-refractivity contribution in [2.24, 2.45) is 0 Å². The van der Waals surface area contributed by atoms with Crippen LogP contribution in [-0.4, -0.2) is 28.5 Å². The van der Waals surface area contributed by atoms with E-state index < -0.39 is 15.9 Å². The number of nitrogens with one attached hydrogen (secondary N) is 1. The molecule has 0 heterocycles. The van der Waals surface area contributed by atoms with Gasteiger partial charge < -0.3 is 9.47 Å². The summed E-state index contributed by atoms with van der Waals surface area (Å²) < 4.78 is 36.9. The zero-order chi connectivity index (χ0) is 18.3. The SMILES string of the molecule is COc1ccc(S(=O)(=O)NC(=O)CCCc2ccccc2)cc1OC. The number of aryl methyl sites for hydroxylation is 1. The quantitative estimate of drug-likeness (QED) is 0.779. The van der Waals surface area contributed by atoms with Gasteiger partial charge in [-0.15, -0.1) is 0 Å². The fourth-order valence-electron chi connectivity index (χ4n) is 2.34. The maximum Gasteiger partial charge on any atom is 0.264 e. The predicted octanol–water partition coefficient (Wildman–Crippen LogP) is 2.53. The zero-order valence-corrected chi connectivity index (χ0v) is 15.0. The van der Waals surface area contributed by atoms with Gasteiger partial charge in [0, 0.05) is 12.5 Å². The summed E-state index contributed by atoms with van der Waals surface area (Å²) in [6.45, 7) is 0. The Hall–Kier alpha value is -2.54. The van der Waals surface area contributed by atoms with Gasteiger partial charge >= 0.3 is 0 Å². The van der Waals surface area contributed by atoms with E-state index in [2.05, 4.69) is 4.72 Å². The highest BCUT2D eigenvalue weighted by molar-refractivity contribution is 7.90. The van der Waals surface area contributed by atoms with Crippen LogP contribution in [0.15, 0.2) is 53.4 Å². The Morgan fingerprint density at radius 1 is 1.00 bits per heavy atom. The highest BCUT2D eigenvalue weighted by atomic mass is 32.2. The third kappa shape index (κ3) is 5.22. The maximum atomic E-state index is 12.3. The Kier molecular flexibility index (Phi) is 6.41. The molecule has 1 N–H and O–H groups in total. The van der Waals surface area contributed by atoms with E-state index in [9.17, 15) is 13.2 Å². The van der Waals surface area contributed by atoms with Crippen molar-refractivity contribution in [2.75, 3.05) is 14.2 Å². The van der Waals surface area contributed by atoms with Crippen LogP contribution in [0.4, 0.5) is 0 Å². The van der Waals surface area contributed by atoms with Gasteiger partial charge in [-0.3, -0.25) is 4.79 Å². The molecule has 0 aromatic heterocycles. The lowest BCUT2D eigenvalue weighted by Crippen LogP contribution is -2.30. The maximum absolute atomic E-state index is 12.3. The van der Waals surface area contributed by atoms with Gasteiger partial charge in [0.2, 0.25) is 5.91 Å². The van der Waals surface area contributed by atoms with Crippen LogP contribution in [-0.2, 0) is 21.2 Å². The third-order valence-electron chi connectivity index (χ3n) is 3.63. The summed E-state index contributed by atoms with van der Waals surface area (Å²) in [7, 11) is -1.08. The van der Waals surface area contributed by atoms with Gasteiger partial charge in [-0.2, -0.15) is 0 Å². The standard InChI is InChI=1S/C18H21NO5S/c1-23-16-12-11-15(13-17(16)24-2)25(21,22)19-18(20)10-6-9-14-7-4-3-5-8-14/h3-5,7-8,11-13H,6,9-10H2,1-2H3,(H,19,20). The van der Waals surface area contributed by atoms with Crippen molar-refractivity contribution in [3.63, 3.8) is 0 Å². The van der Waals surface area contributed by atoms with Crippen LogP contribution >= 0.6 is 0 Å². The van der Waals surface area contributed by atoms with E-state index in [1.54, 1.807) is 0 Å². The molecule has 6 nitrogen and oxygen atoms in total. The number of carbonyl (C=O) groups excluding carboxylic acids is 1. The number of amides is 1. The molecule has 0 aliphatic heterocycles. The number of hydrogen-bond donors (Lipinski definition) is 1. The summed E-state index contributed by atoms with van der Waals surface area (Å²) in [5.41, 5.74) is 1.11. The molecule has 2 aromatic carbocycles. The number of benzene rings is 2. The molecule has 1 amide bonds. The number of rotatable bonds is 8. The Labute approximate surface area is 147 Å². The van der Waals surface area contributed by atoms with Crippen LogP contribution in [0.5, 0.6) is 11.5 Å². The van der Waals surface area contributed by atoms with Crippen molar-refractivity contribution >= 4 is 15.9 Å². The normalized spacial score (nSPS) is 11.0. The molecular weight excluding hydrogens is 342 g/mol. The Morgan fingerprint density at radius 3 is 2.32 bits per heavy atom. The molecule has 134 valence electrons. The van der Waals surface area contributed by atoms with E-state index in [4.69, 9.17) is 9.47 Å². The first-order valence-corrected chi connectivity index (χ1v) is 9.26. The molecule has 7 heteroatoms. The van der Waals surface area contributed by atoms with E-state index in [1.165, 1.54) is 32.4 Å². The van der Waals surface area contributed by atoms with E-state index >= 15 is 0 Å². The van der Waals surface area contributed by atoms with Crippen LogP contribution in [0.2, 0.25) is 0 Å². The summed E-state index contributed by atoms with van der Waals surface area (Å²) in [5.74, 6) is 0.156. The Bertz CT molecular complexity index is 819. The first-order chi connectivity index (χ1) is 12.0. The van der Waals surface area contributed by atoms with Crippen LogP contribution in [0.1, 0.15) is 18.4 Å². The minimum atomic E-state index is -3.95. The van der Waals surface area contributed by atoms with Crippen molar-refractivity contribution in [1.82, 2.24) is 4.72 Å². The fourth-order valence-corrected chi connectivity index (χ4v) is 3.37. The Morgan fingerprint density at radius 2 is 1.68 bits per heavy atom. The molecule has 0 aliphatic rings. The monoisotopic (exact) mass is 363 g/mol. The summed E-state index contributed by atoms with van der Waals surface area (Å²) in [5, 5.41) is 0. The van der Waals surface area contributed by atoms with Gasteiger partial charge in [0.15, 0.2) is 11.5 Å². The van der Waals surface area contributed by atoms with Crippen molar-refractivity contribution in [2.45, 2.75) is 24.2 Å². The average Bonchev–Trinajstić information content (AvgIpc) is 2.61. The van der Waals surface area contributed by atoms with Gasteiger partial charge in [-0.1, -0.05) is 30.3 Å². The number of ether oxygens (including phenoxy) is 2. The molecule has 2 aromatic rings. The van der Waals surface area contributed by atoms with Gasteiger partial charge in [0.1, 0.15) is 0 Å². The smallest absolute Gasteiger partial charge is 0.264 e. The highest BCUT2D eigenvalue weighted by Crippen LogP contribution is 2.29. The average molecular weight is 363 g/mol. The molecule has 0 atom stereocenters. The first-order valence-electron chi connectivity index (χ1n) is 7.78. The number of carbonyl (C=O) groups is 1. The molecule has 0 bridgehead atoms. The predicted molar refractivity (Wildman–Crippen MR) is 94.3 cm³/mol. The summed E-state index contributed by atoms with van der Waals surface area (Å²) in [6.07, 6.45) is 1.41. The minimum Gasteiger partial charge on any atom is -0.493 e. The third-order valence-corrected chi connectivity index (χ3v) is 5.00. The summed E-state index contributed by atoms with van der Waals surface area (Å²) >= 11 is 0. The van der Waals surface area contributed by atoms with Gasteiger partial charge in [0.25, 0.3) is 10.0 Å². The molecular formula is C18H21NO5S. The summed E-state index contributed by atoms with van der Waals surface area (Å²) in [4.78, 5) is 11.9. The molecule has 25 heavy (non-hydrogen) atoms. The highest BCUT2D eigenvalue weighted by Gasteiger charge is 2.19. The van der Waals surface area contributed by atoms with E-state index in [0.29, 0.717) is 18.6 Å². The van der Waals surface area contributed by atoms with Crippen LogP contribution in [0, 0.1) is 0 Å². The molecule has 2 rings (SSSR count). The molecule has 0 aliphatic carbocycles. The summed E-state index contributed by atoms with van der Waals surface area (Å²) in [6, 6.07) is 13.9. The van der Waals surface area contributed by atoms with Crippen molar-refractivity contribution in [3.8, 4) is 11.5 Å². The van der Waals surface area contributed by atoms with Gasteiger partial charge in [-0.25, -0.2) is 13.1 Å². The lowest BCUT2D eigenvalue weighted by molar-refractivity contribution is -0.119. The lowest BCUT2D eigenvalue weighted by atomic mass is 10.1. The second-order valence-corrected chi connectivity index (χ2v) is 7.07. The molecule has 0 saturated carbocycles. The second-order valence-electron chi connectivity index (χ2n) is 5.38. The largest absolute Gasteiger partial charge is 0.493 e. The second kappa shape index (κ2) is 8.53. The lowest BCUT2D eigenvalue weighted by Gasteiger charge is -2.11. The van der Waals surface area contributed by atoms with Crippen LogP contribution < -0.4 is 14.2 Å². The van der Waals surface area contributed by atoms with Gasteiger partial charge in [0.05, 0.1) is 19.1 Å². The topological polar surface area (TPSA) is 81.7 Å². The molecule has 0 unspecified atom stereocenters. The van der Waals surface area contributed by atoms with E-state index in [1.807, 2.05) is 30.3 Å². The molecule has 0 spiro atoms. The van der Waals surface area contributed by atoms with Crippen molar-refractivity contribution in [3.05, 3.63) is 54.1 Å². The molecule has 0 fully saturated rings. The fraction of sp³-hybridized carbons (Fsp3) is 0.278. The van der Waals surface area contributed by atoms with Gasteiger partial charge in [-0.05, 0) is 30.5 Å². The van der Waals surface area contributed by atoms with Crippen molar-refractivity contribution < 1.29 is 22.7 Å². The van der Waals surface area contributed by atoms with Crippen LogP contribution in [0.3, 0.4) is 0 Å². The number of methoxy groups -OCH3 is 2. The van der Waals surface area contributed by atoms with E-state index in [-0.39, 0.29) is 17.1 Å².